The van der Waals surface area contributed by atoms with E-state index in [4.69, 9.17) is 5.21 Å². The van der Waals surface area contributed by atoms with Crippen LogP contribution in [0.1, 0.15) is 13.8 Å². The molecule has 3 nitrogen and oxygen atoms in total. The Morgan fingerprint density at radius 2 is 2.00 bits per heavy atom. The predicted octanol–water partition coefficient (Wildman–Crippen LogP) is 0.446. The second-order valence-electron chi connectivity index (χ2n) is 1.27. The Morgan fingerprint density at radius 1 is 1.50 bits per heavy atom. The SMILES string of the molecule is CC.ON=C1CNC1. The Labute approximate surface area is 49.4 Å². The van der Waals surface area contributed by atoms with E-state index in [2.05, 4.69) is 10.5 Å². The number of hydrogen-bond acceptors (Lipinski definition) is 3. The van der Waals surface area contributed by atoms with Gasteiger partial charge in [-0.2, -0.15) is 0 Å². The molecule has 3 heteroatoms. The van der Waals surface area contributed by atoms with Gasteiger partial charge in [0, 0.05) is 13.1 Å². The first kappa shape index (κ1) is 7.43. The molecule has 0 aromatic carbocycles. The molecule has 1 rings (SSSR count). The van der Waals surface area contributed by atoms with Crippen LogP contribution in [-0.2, 0) is 0 Å². The molecule has 1 aliphatic rings. The van der Waals surface area contributed by atoms with Crippen LogP contribution in [0.15, 0.2) is 5.16 Å². The van der Waals surface area contributed by atoms with Crippen LogP contribution in [0.2, 0.25) is 0 Å². The van der Waals surface area contributed by atoms with Gasteiger partial charge < -0.3 is 10.5 Å². The van der Waals surface area contributed by atoms with Crippen LogP contribution in [0.4, 0.5) is 0 Å². The van der Waals surface area contributed by atoms with E-state index < -0.39 is 0 Å². The molecule has 0 aromatic heterocycles. The van der Waals surface area contributed by atoms with Gasteiger partial charge in [0.15, 0.2) is 0 Å². The molecular weight excluding hydrogens is 104 g/mol. The molecule has 8 heavy (non-hydrogen) atoms. The molecule has 2 N–H and O–H groups in total. The summed E-state index contributed by atoms with van der Waals surface area (Å²) in [6.45, 7) is 5.52. The molecule has 0 saturated carbocycles. The summed E-state index contributed by atoms with van der Waals surface area (Å²) in [4.78, 5) is 0. The maximum atomic E-state index is 7.93. The van der Waals surface area contributed by atoms with Crippen molar-refractivity contribution in [1.82, 2.24) is 5.32 Å². The van der Waals surface area contributed by atoms with Crippen molar-refractivity contribution < 1.29 is 5.21 Å². The molecule has 1 aliphatic heterocycles. The van der Waals surface area contributed by atoms with Crippen LogP contribution in [-0.4, -0.2) is 24.0 Å². The molecule has 1 fully saturated rings. The average molecular weight is 116 g/mol. The average Bonchev–Trinajstić information content (AvgIpc) is 1.69. The quantitative estimate of drug-likeness (QED) is 0.356. The summed E-state index contributed by atoms with van der Waals surface area (Å²) in [5, 5.41) is 13.8. The lowest BCUT2D eigenvalue weighted by molar-refractivity contribution is 0.314. The zero-order chi connectivity index (χ0) is 6.41. The first-order valence-corrected chi connectivity index (χ1v) is 2.84. The lowest BCUT2D eigenvalue weighted by Gasteiger charge is -2.13. The topological polar surface area (TPSA) is 44.6 Å². The van der Waals surface area contributed by atoms with Crippen molar-refractivity contribution >= 4 is 5.71 Å². The zero-order valence-electron chi connectivity index (χ0n) is 5.31. The van der Waals surface area contributed by atoms with Gasteiger partial charge in [0.05, 0.1) is 5.71 Å². The number of nitrogens with zero attached hydrogens (tertiary/aromatic N) is 1. The minimum atomic E-state index is 0.760. The van der Waals surface area contributed by atoms with Gasteiger partial charge >= 0.3 is 0 Å². The van der Waals surface area contributed by atoms with Gasteiger partial charge in [-0.1, -0.05) is 19.0 Å². The highest BCUT2D eigenvalue weighted by Gasteiger charge is 2.07. The fourth-order valence-electron chi connectivity index (χ4n) is 0.308. The van der Waals surface area contributed by atoms with E-state index in [0.29, 0.717) is 0 Å². The van der Waals surface area contributed by atoms with Crippen LogP contribution in [0.25, 0.3) is 0 Å². The molecule has 0 bridgehead atoms. The molecular formula is C5H12N2O. The highest BCUT2D eigenvalue weighted by molar-refractivity contribution is 5.92. The molecule has 48 valence electrons. The van der Waals surface area contributed by atoms with Crippen LogP contribution in [0.3, 0.4) is 0 Å². The molecule has 0 aliphatic carbocycles. The largest absolute Gasteiger partial charge is 0.411 e. The zero-order valence-corrected chi connectivity index (χ0v) is 5.31. The van der Waals surface area contributed by atoms with Crippen molar-refractivity contribution in [3.05, 3.63) is 0 Å². The van der Waals surface area contributed by atoms with E-state index in [1.54, 1.807) is 0 Å². The lowest BCUT2D eigenvalue weighted by Crippen LogP contribution is -2.42. The Morgan fingerprint density at radius 3 is 2.00 bits per heavy atom. The van der Waals surface area contributed by atoms with Gasteiger partial charge in [-0.15, -0.1) is 0 Å². The van der Waals surface area contributed by atoms with Gasteiger partial charge in [0.2, 0.25) is 0 Å². The van der Waals surface area contributed by atoms with Crippen molar-refractivity contribution in [3.8, 4) is 0 Å². The molecule has 0 unspecified atom stereocenters. The Hall–Kier alpha value is -0.570. The van der Waals surface area contributed by atoms with Crippen LogP contribution >= 0.6 is 0 Å². The van der Waals surface area contributed by atoms with Gasteiger partial charge in [0.1, 0.15) is 0 Å². The third-order valence-corrected chi connectivity index (χ3v) is 0.800. The van der Waals surface area contributed by atoms with Gasteiger partial charge in [-0.3, -0.25) is 0 Å². The van der Waals surface area contributed by atoms with Crippen LogP contribution in [0.5, 0.6) is 0 Å². The van der Waals surface area contributed by atoms with Crippen molar-refractivity contribution in [2.75, 3.05) is 13.1 Å². The second-order valence-corrected chi connectivity index (χ2v) is 1.27. The summed E-state index contributed by atoms with van der Waals surface area (Å²) in [5.74, 6) is 0. The molecule has 0 aromatic rings. The van der Waals surface area contributed by atoms with E-state index in [0.717, 1.165) is 18.8 Å². The first-order chi connectivity index (χ1) is 3.93. The highest BCUT2D eigenvalue weighted by Crippen LogP contribution is 1.81. The molecule has 1 saturated heterocycles. The van der Waals surface area contributed by atoms with E-state index in [1.165, 1.54) is 0 Å². The maximum absolute atomic E-state index is 7.93. The summed E-state index contributed by atoms with van der Waals surface area (Å²) in [7, 11) is 0. The predicted molar refractivity (Wildman–Crippen MR) is 33.4 cm³/mol. The van der Waals surface area contributed by atoms with E-state index in [-0.39, 0.29) is 0 Å². The monoisotopic (exact) mass is 116 g/mol. The number of rotatable bonds is 0. The fraction of sp³-hybridized carbons (Fsp3) is 0.800. The molecule has 0 atom stereocenters. The Bertz CT molecular complexity index is 74.5. The van der Waals surface area contributed by atoms with Crippen LogP contribution in [0, 0.1) is 0 Å². The van der Waals surface area contributed by atoms with Gasteiger partial charge in [-0.05, 0) is 0 Å². The van der Waals surface area contributed by atoms with E-state index in [1.807, 2.05) is 13.8 Å². The van der Waals surface area contributed by atoms with Crippen molar-refractivity contribution in [2.24, 2.45) is 5.16 Å². The highest BCUT2D eigenvalue weighted by atomic mass is 16.4. The van der Waals surface area contributed by atoms with E-state index >= 15 is 0 Å². The minimum Gasteiger partial charge on any atom is -0.411 e. The van der Waals surface area contributed by atoms with Gasteiger partial charge in [-0.25, -0.2) is 0 Å². The number of hydrogen-bond donors (Lipinski definition) is 2. The summed E-state index contributed by atoms with van der Waals surface area (Å²) in [6, 6.07) is 0. The number of oxime groups is 1. The Balaban J connectivity index is 0.000000222. The van der Waals surface area contributed by atoms with Crippen LogP contribution < -0.4 is 5.32 Å². The van der Waals surface area contributed by atoms with E-state index in [9.17, 15) is 0 Å². The summed E-state index contributed by atoms with van der Waals surface area (Å²) < 4.78 is 0. The Kier molecular flexibility index (Phi) is 4.26. The first-order valence-electron chi connectivity index (χ1n) is 2.84. The van der Waals surface area contributed by atoms with Crippen molar-refractivity contribution in [2.45, 2.75) is 13.8 Å². The fourth-order valence-corrected chi connectivity index (χ4v) is 0.308. The van der Waals surface area contributed by atoms with Gasteiger partial charge in [0.25, 0.3) is 0 Å². The normalized spacial score (nSPS) is 15.5. The summed E-state index contributed by atoms with van der Waals surface area (Å²) in [6.07, 6.45) is 0. The van der Waals surface area contributed by atoms with Crippen molar-refractivity contribution in [3.63, 3.8) is 0 Å². The molecule has 0 amide bonds. The minimum absolute atomic E-state index is 0.760. The lowest BCUT2D eigenvalue weighted by atomic mass is 10.2. The number of nitrogens with one attached hydrogen (secondary N) is 1. The summed E-state index contributed by atoms with van der Waals surface area (Å²) in [5.41, 5.74) is 0.843. The third kappa shape index (κ3) is 1.93. The molecule has 0 radical (unpaired) electrons. The second kappa shape index (κ2) is 4.59. The molecule has 1 heterocycles. The van der Waals surface area contributed by atoms with Crippen molar-refractivity contribution in [1.29, 1.82) is 0 Å². The smallest absolute Gasteiger partial charge is 0.0845 e. The standard InChI is InChI=1S/C3H6N2O.C2H6/c6-5-3-1-4-2-3;1-2/h4,6H,1-2H2;1-2H3. The summed E-state index contributed by atoms with van der Waals surface area (Å²) >= 11 is 0. The maximum Gasteiger partial charge on any atom is 0.0845 e. The third-order valence-electron chi connectivity index (χ3n) is 0.800. The molecule has 0 spiro atoms.